The van der Waals surface area contributed by atoms with E-state index >= 15 is 0 Å². The third-order valence-corrected chi connectivity index (χ3v) is 3.68. The summed E-state index contributed by atoms with van der Waals surface area (Å²) in [5, 5.41) is 0. The molecule has 0 aromatic heterocycles. The number of rotatable bonds is 7. The molecule has 0 unspecified atom stereocenters. The first-order valence-corrected chi connectivity index (χ1v) is 7.79. The number of ketones is 1. The number of ether oxygens (including phenoxy) is 3. The van der Waals surface area contributed by atoms with Crippen LogP contribution in [0.2, 0.25) is 0 Å². The number of hydrogen-bond donors (Lipinski definition) is 0. The molecule has 0 saturated heterocycles. The fraction of sp³-hybridized carbons (Fsp3) is 0.250. The second-order valence-electron chi connectivity index (χ2n) is 5.63. The van der Waals surface area contributed by atoms with E-state index in [1.165, 1.54) is 0 Å². The van der Waals surface area contributed by atoms with Gasteiger partial charge in [0.1, 0.15) is 17.2 Å². The van der Waals surface area contributed by atoms with Crippen molar-refractivity contribution >= 4 is 11.4 Å². The van der Waals surface area contributed by atoms with Crippen LogP contribution in [0.5, 0.6) is 17.2 Å². The molecule has 132 valence electrons. The summed E-state index contributed by atoms with van der Waals surface area (Å²) in [6.07, 6.45) is 1.79. The number of nitrogens with zero attached hydrogens (tertiary/aromatic N) is 1. The molecule has 2 rings (SSSR count). The summed E-state index contributed by atoms with van der Waals surface area (Å²) in [5.41, 5.74) is 1.80. The lowest BCUT2D eigenvalue weighted by Gasteiger charge is -2.15. The van der Waals surface area contributed by atoms with Gasteiger partial charge in [-0.05, 0) is 35.9 Å². The Kier molecular flexibility index (Phi) is 6.06. The van der Waals surface area contributed by atoms with Gasteiger partial charge in [0.2, 0.25) is 0 Å². The van der Waals surface area contributed by atoms with Crippen LogP contribution in [0, 0.1) is 0 Å². The van der Waals surface area contributed by atoms with Gasteiger partial charge in [-0.15, -0.1) is 0 Å². The number of methoxy groups -OCH3 is 3. The molecule has 0 saturated carbocycles. The number of carbonyl (C=O) groups is 1. The van der Waals surface area contributed by atoms with Crippen LogP contribution in [0.4, 0.5) is 0 Å². The minimum absolute atomic E-state index is 0.144. The van der Waals surface area contributed by atoms with Crippen molar-refractivity contribution in [2.24, 2.45) is 0 Å². The molecule has 0 spiro atoms. The van der Waals surface area contributed by atoms with Crippen molar-refractivity contribution in [3.63, 3.8) is 0 Å². The summed E-state index contributed by atoms with van der Waals surface area (Å²) in [6.45, 7) is 0. The van der Waals surface area contributed by atoms with Crippen molar-refractivity contribution in [2.45, 2.75) is 0 Å². The number of allylic oxidation sites excluding steroid dienone is 1. The summed E-state index contributed by atoms with van der Waals surface area (Å²) < 4.78 is 15.8. The zero-order chi connectivity index (χ0) is 18.4. The van der Waals surface area contributed by atoms with E-state index in [0.717, 1.165) is 11.3 Å². The average Bonchev–Trinajstić information content (AvgIpc) is 2.65. The maximum atomic E-state index is 13.2. The Labute approximate surface area is 148 Å². The molecule has 0 aliphatic rings. The third-order valence-electron chi connectivity index (χ3n) is 3.68. The Morgan fingerprint density at radius 2 is 1.48 bits per heavy atom. The van der Waals surface area contributed by atoms with E-state index in [2.05, 4.69) is 0 Å². The molecule has 25 heavy (non-hydrogen) atoms. The molecule has 0 heterocycles. The quantitative estimate of drug-likeness (QED) is 0.570. The van der Waals surface area contributed by atoms with Crippen molar-refractivity contribution in [3.05, 3.63) is 59.8 Å². The minimum atomic E-state index is -0.144. The maximum Gasteiger partial charge on any atom is 0.198 e. The highest BCUT2D eigenvalue weighted by Crippen LogP contribution is 2.30. The topological polar surface area (TPSA) is 48.0 Å². The summed E-state index contributed by atoms with van der Waals surface area (Å²) in [7, 11) is 8.47. The van der Waals surface area contributed by atoms with Crippen molar-refractivity contribution in [3.8, 4) is 17.2 Å². The Balaban J connectivity index is 2.53. The standard InChI is InChI=1S/C20H23NO4/c1-21(2)13-18(14-6-8-15(23-3)9-7-14)20(22)17-12-16(24-4)10-11-19(17)25-5/h6-13H,1-5H3. The molecule has 5 heteroatoms. The van der Waals surface area contributed by atoms with Crippen LogP contribution in [0.25, 0.3) is 5.57 Å². The Morgan fingerprint density at radius 3 is 2.00 bits per heavy atom. The highest BCUT2D eigenvalue weighted by Gasteiger charge is 2.20. The summed E-state index contributed by atoms with van der Waals surface area (Å²) in [6, 6.07) is 12.6. The third kappa shape index (κ3) is 4.32. The molecule has 0 bridgehead atoms. The van der Waals surface area contributed by atoms with E-state index in [0.29, 0.717) is 22.6 Å². The predicted octanol–water partition coefficient (Wildman–Crippen LogP) is 3.50. The molecule has 5 nitrogen and oxygen atoms in total. The van der Waals surface area contributed by atoms with Gasteiger partial charge in [-0.1, -0.05) is 12.1 Å². The van der Waals surface area contributed by atoms with Gasteiger partial charge in [0, 0.05) is 25.9 Å². The largest absolute Gasteiger partial charge is 0.497 e. The number of Topliss-reactive ketones (excluding diaryl/α,β-unsaturated/α-hetero) is 1. The molecule has 0 aliphatic carbocycles. The molecular weight excluding hydrogens is 318 g/mol. The first-order chi connectivity index (χ1) is 12.0. The van der Waals surface area contributed by atoms with Crippen LogP contribution in [0.1, 0.15) is 15.9 Å². The maximum absolute atomic E-state index is 13.2. The lowest BCUT2D eigenvalue weighted by molar-refractivity contribution is 0.105. The summed E-state index contributed by atoms with van der Waals surface area (Å²) >= 11 is 0. The van der Waals surface area contributed by atoms with E-state index in [4.69, 9.17) is 14.2 Å². The molecule has 0 amide bonds. The zero-order valence-electron chi connectivity index (χ0n) is 15.2. The van der Waals surface area contributed by atoms with Crippen LogP contribution in [0.3, 0.4) is 0 Å². The molecule has 0 radical (unpaired) electrons. The van der Waals surface area contributed by atoms with Gasteiger partial charge >= 0.3 is 0 Å². The fourth-order valence-corrected chi connectivity index (χ4v) is 2.43. The average molecular weight is 341 g/mol. The SMILES string of the molecule is COc1ccc(C(=CN(C)C)C(=O)c2cc(OC)ccc2OC)cc1. The monoisotopic (exact) mass is 341 g/mol. The van der Waals surface area contributed by atoms with Crippen LogP contribution < -0.4 is 14.2 Å². The van der Waals surface area contributed by atoms with E-state index in [9.17, 15) is 4.79 Å². The highest BCUT2D eigenvalue weighted by atomic mass is 16.5. The molecular formula is C20H23NO4. The van der Waals surface area contributed by atoms with Gasteiger partial charge in [-0.2, -0.15) is 0 Å². The van der Waals surface area contributed by atoms with E-state index in [1.54, 1.807) is 45.7 Å². The Morgan fingerprint density at radius 1 is 0.880 bits per heavy atom. The van der Waals surface area contributed by atoms with Gasteiger partial charge in [-0.3, -0.25) is 4.79 Å². The number of carbonyl (C=O) groups excluding carboxylic acids is 1. The second kappa shape index (κ2) is 8.24. The molecule has 0 N–H and O–H groups in total. The van der Waals surface area contributed by atoms with Gasteiger partial charge in [0.15, 0.2) is 5.78 Å². The molecule has 2 aromatic carbocycles. The smallest absolute Gasteiger partial charge is 0.198 e. The van der Waals surface area contributed by atoms with Gasteiger partial charge in [0.25, 0.3) is 0 Å². The zero-order valence-corrected chi connectivity index (χ0v) is 15.2. The minimum Gasteiger partial charge on any atom is -0.497 e. The molecule has 0 fully saturated rings. The van der Waals surface area contributed by atoms with Gasteiger partial charge < -0.3 is 19.1 Å². The van der Waals surface area contributed by atoms with Gasteiger partial charge in [0.05, 0.1) is 26.9 Å². The predicted molar refractivity (Wildman–Crippen MR) is 98.5 cm³/mol. The number of benzene rings is 2. The van der Waals surface area contributed by atoms with Gasteiger partial charge in [-0.25, -0.2) is 0 Å². The van der Waals surface area contributed by atoms with Crippen LogP contribution in [-0.4, -0.2) is 46.1 Å². The molecule has 2 aromatic rings. The van der Waals surface area contributed by atoms with E-state index < -0.39 is 0 Å². The lowest BCUT2D eigenvalue weighted by atomic mass is 9.96. The summed E-state index contributed by atoms with van der Waals surface area (Å²) in [5.74, 6) is 1.70. The first-order valence-electron chi connectivity index (χ1n) is 7.79. The Hall–Kier alpha value is -2.95. The van der Waals surface area contributed by atoms with Crippen LogP contribution in [0.15, 0.2) is 48.7 Å². The second-order valence-corrected chi connectivity index (χ2v) is 5.63. The van der Waals surface area contributed by atoms with Crippen molar-refractivity contribution in [1.82, 2.24) is 4.90 Å². The molecule has 0 atom stereocenters. The van der Waals surface area contributed by atoms with Crippen molar-refractivity contribution in [1.29, 1.82) is 0 Å². The lowest BCUT2D eigenvalue weighted by Crippen LogP contribution is -2.10. The van der Waals surface area contributed by atoms with Crippen LogP contribution >= 0.6 is 0 Å². The Bertz CT molecular complexity index is 764. The fourth-order valence-electron chi connectivity index (χ4n) is 2.43. The van der Waals surface area contributed by atoms with E-state index in [-0.39, 0.29) is 5.78 Å². The van der Waals surface area contributed by atoms with Crippen molar-refractivity contribution in [2.75, 3.05) is 35.4 Å². The number of hydrogen-bond acceptors (Lipinski definition) is 5. The van der Waals surface area contributed by atoms with Crippen LogP contribution in [-0.2, 0) is 0 Å². The highest BCUT2D eigenvalue weighted by molar-refractivity contribution is 6.29. The molecule has 0 aliphatic heterocycles. The first kappa shape index (κ1) is 18.4. The summed E-state index contributed by atoms with van der Waals surface area (Å²) in [4.78, 5) is 15.1. The van der Waals surface area contributed by atoms with E-state index in [1.807, 2.05) is 43.3 Å². The van der Waals surface area contributed by atoms with Crippen molar-refractivity contribution < 1.29 is 19.0 Å². The normalized spacial score (nSPS) is 11.0.